The summed E-state index contributed by atoms with van der Waals surface area (Å²) in [5.41, 5.74) is 0. The van der Waals surface area contributed by atoms with Crippen molar-refractivity contribution in [1.82, 2.24) is 4.90 Å². The predicted molar refractivity (Wildman–Crippen MR) is 84.5 cm³/mol. The van der Waals surface area contributed by atoms with E-state index in [1.165, 1.54) is 19.3 Å². The number of benzene rings is 1. The fraction of sp³-hybridized carbons (Fsp3) is 0.625. The largest absolute Gasteiger partial charge is 0.492 e. The van der Waals surface area contributed by atoms with Crippen molar-refractivity contribution >= 4 is 9.84 Å². The van der Waals surface area contributed by atoms with E-state index in [2.05, 4.69) is 4.90 Å². The number of hydrogen-bond acceptors (Lipinski definition) is 4. The van der Waals surface area contributed by atoms with E-state index in [0.29, 0.717) is 11.5 Å². The highest BCUT2D eigenvalue weighted by Crippen LogP contribution is 2.19. The van der Waals surface area contributed by atoms with Crippen molar-refractivity contribution in [3.8, 4) is 5.75 Å². The van der Waals surface area contributed by atoms with E-state index in [9.17, 15) is 8.42 Å². The van der Waals surface area contributed by atoms with Crippen molar-refractivity contribution in [3.63, 3.8) is 0 Å². The molecule has 4 nitrogen and oxygen atoms in total. The van der Waals surface area contributed by atoms with Crippen LogP contribution in [0.4, 0.5) is 0 Å². The molecule has 21 heavy (non-hydrogen) atoms. The van der Waals surface area contributed by atoms with E-state index < -0.39 is 15.1 Å². The normalized spacial score (nSPS) is 17.1. The van der Waals surface area contributed by atoms with Crippen LogP contribution in [-0.4, -0.2) is 44.8 Å². The van der Waals surface area contributed by atoms with Gasteiger partial charge in [0.15, 0.2) is 9.84 Å². The van der Waals surface area contributed by atoms with Gasteiger partial charge in [-0.25, -0.2) is 8.42 Å². The van der Waals surface area contributed by atoms with Crippen LogP contribution in [0, 0.1) is 0 Å². The van der Waals surface area contributed by atoms with Crippen LogP contribution >= 0.6 is 0 Å². The summed E-state index contributed by atoms with van der Waals surface area (Å²) in [5.74, 6) is 0.731. The first-order valence-corrected chi connectivity index (χ1v) is 9.24. The summed E-state index contributed by atoms with van der Waals surface area (Å²) < 4.78 is 29.7. The summed E-state index contributed by atoms with van der Waals surface area (Å²) in [6, 6.07) is 6.74. The Bertz CT molecular complexity index is 531. The fourth-order valence-corrected chi connectivity index (χ4v) is 3.53. The average Bonchev–Trinajstić information content (AvgIpc) is 2.49. The number of sulfone groups is 1. The second-order valence-corrected chi connectivity index (χ2v) is 8.32. The Kier molecular flexibility index (Phi) is 5.65. The molecule has 118 valence electrons. The maximum Gasteiger partial charge on any atom is 0.180 e. The van der Waals surface area contributed by atoms with Crippen molar-refractivity contribution in [2.24, 2.45) is 0 Å². The Balaban J connectivity index is 1.85. The minimum Gasteiger partial charge on any atom is -0.492 e. The molecule has 1 aromatic rings. The number of rotatable bonds is 6. The third-order valence-electron chi connectivity index (χ3n) is 3.90. The molecule has 1 heterocycles. The van der Waals surface area contributed by atoms with Crippen molar-refractivity contribution in [1.29, 1.82) is 0 Å². The zero-order chi connectivity index (χ0) is 15.3. The molecule has 0 bridgehead atoms. The molecule has 1 saturated heterocycles. The third-order valence-corrected chi connectivity index (χ3v) is 6.07. The van der Waals surface area contributed by atoms with E-state index in [-0.39, 0.29) is 0 Å². The van der Waals surface area contributed by atoms with Crippen LogP contribution < -0.4 is 4.74 Å². The number of hydrogen-bond donors (Lipinski definition) is 0. The molecule has 2 rings (SSSR count). The molecule has 0 amide bonds. The highest BCUT2D eigenvalue weighted by molar-refractivity contribution is 7.92. The molecule has 0 atom stereocenters. The quantitative estimate of drug-likeness (QED) is 0.810. The van der Waals surface area contributed by atoms with Gasteiger partial charge in [0.05, 0.1) is 10.1 Å². The highest BCUT2D eigenvalue weighted by Gasteiger charge is 2.18. The van der Waals surface area contributed by atoms with Crippen molar-refractivity contribution in [2.75, 3.05) is 26.2 Å². The predicted octanol–water partition coefficient (Wildman–Crippen LogP) is 2.73. The lowest BCUT2D eigenvalue weighted by molar-refractivity contribution is 0.183. The molecule has 0 aromatic heterocycles. The van der Waals surface area contributed by atoms with E-state index in [4.69, 9.17) is 4.74 Å². The lowest BCUT2D eigenvalue weighted by Gasteiger charge is -2.26. The van der Waals surface area contributed by atoms with Gasteiger partial charge in [0.25, 0.3) is 0 Å². The zero-order valence-corrected chi connectivity index (χ0v) is 13.7. The molecule has 0 saturated carbocycles. The molecule has 1 aliphatic heterocycles. The minimum absolute atomic E-state index is 0.362. The van der Waals surface area contributed by atoms with Gasteiger partial charge in [-0.15, -0.1) is 0 Å². The summed E-state index contributed by atoms with van der Waals surface area (Å²) in [6.45, 7) is 7.29. The monoisotopic (exact) mass is 311 g/mol. The molecule has 0 N–H and O–H groups in total. The molecule has 1 aromatic carbocycles. The van der Waals surface area contributed by atoms with Gasteiger partial charge in [-0.1, -0.05) is 6.42 Å². The first-order chi connectivity index (χ1) is 10.00. The molecule has 1 aliphatic rings. The van der Waals surface area contributed by atoms with Crippen LogP contribution in [0.5, 0.6) is 5.75 Å². The number of piperidine rings is 1. The third kappa shape index (κ3) is 4.45. The van der Waals surface area contributed by atoms with Crippen LogP contribution in [0.1, 0.15) is 33.1 Å². The van der Waals surface area contributed by atoms with Gasteiger partial charge in [-0.05, 0) is 64.0 Å². The van der Waals surface area contributed by atoms with Crippen LogP contribution in [0.15, 0.2) is 29.2 Å². The summed E-state index contributed by atoms with van der Waals surface area (Å²) >= 11 is 0. The molecule has 0 aliphatic carbocycles. The standard InChI is InChI=1S/C16H25NO3S/c1-14(2)21(18,19)16-8-6-15(7-9-16)20-13-12-17-10-4-3-5-11-17/h6-9,14H,3-5,10-13H2,1-2H3. The maximum absolute atomic E-state index is 12.0. The Morgan fingerprint density at radius 1 is 1.10 bits per heavy atom. The van der Waals surface area contributed by atoms with E-state index in [1.807, 2.05) is 0 Å². The number of likely N-dealkylation sites (tertiary alicyclic amines) is 1. The summed E-state index contributed by atoms with van der Waals surface area (Å²) in [4.78, 5) is 2.78. The van der Waals surface area contributed by atoms with Gasteiger partial charge < -0.3 is 4.74 Å². The van der Waals surface area contributed by atoms with Crippen LogP contribution in [0.2, 0.25) is 0 Å². The summed E-state index contributed by atoms with van der Waals surface area (Å²) in [5, 5.41) is -0.400. The fourth-order valence-electron chi connectivity index (χ4n) is 2.47. The van der Waals surface area contributed by atoms with Gasteiger partial charge in [0.1, 0.15) is 12.4 Å². The molecule has 0 radical (unpaired) electrons. The molecule has 1 fully saturated rings. The smallest absolute Gasteiger partial charge is 0.180 e. The second kappa shape index (κ2) is 7.27. The van der Waals surface area contributed by atoms with Crippen LogP contribution in [-0.2, 0) is 9.84 Å². The van der Waals surface area contributed by atoms with E-state index in [0.717, 1.165) is 25.4 Å². The van der Waals surface area contributed by atoms with Crippen molar-refractivity contribution < 1.29 is 13.2 Å². The SMILES string of the molecule is CC(C)S(=O)(=O)c1ccc(OCCN2CCCCC2)cc1. The lowest BCUT2D eigenvalue weighted by Crippen LogP contribution is -2.33. The first kappa shape index (κ1) is 16.3. The Hall–Kier alpha value is -1.07. The Morgan fingerprint density at radius 2 is 1.71 bits per heavy atom. The molecule has 0 unspecified atom stereocenters. The van der Waals surface area contributed by atoms with E-state index >= 15 is 0 Å². The van der Waals surface area contributed by atoms with Gasteiger partial charge in [0.2, 0.25) is 0 Å². The maximum atomic E-state index is 12.0. The Labute approximate surface area is 128 Å². The molecular weight excluding hydrogens is 286 g/mol. The van der Waals surface area contributed by atoms with Gasteiger partial charge >= 0.3 is 0 Å². The zero-order valence-electron chi connectivity index (χ0n) is 12.9. The highest BCUT2D eigenvalue weighted by atomic mass is 32.2. The minimum atomic E-state index is -3.20. The van der Waals surface area contributed by atoms with Gasteiger partial charge in [-0.2, -0.15) is 0 Å². The molecular formula is C16H25NO3S. The van der Waals surface area contributed by atoms with Crippen molar-refractivity contribution in [3.05, 3.63) is 24.3 Å². The Morgan fingerprint density at radius 3 is 2.29 bits per heavy atom. The molecule has 0 spiro atoms. The average molecular weight is 311 g/mol. The van der Waals surface area contributed by atoms with Gasteiger partial charge in [0, 0.05) is 6.54 Å². The van der Waals surface area contributed by atoms with Gasteiger partial charge in [-0.3, -0.25) is 4.90 Å². The van der Waals surface area contributed by atoms with E-state index in [1.54, 1.807) is 38.1 Å². The summed E-state index contributed by atoms with van der Waals surface area (Å²) in [6.07, 6.45) is 3.90. The first-order valence-electron chi connectivity index (χ1n) is 7.69. The van der Waals surface area contributed by atoms with Crippen LogP contribution in [0.25, 0.3) is 0 Å². The molecule has 5 heteroatoms. The number of ether oxygens (including phenoxy) is 1. The second-order valence-electron chi connectivity index (χ2n) is 5.82. The number of nitrogens with zero attached hydrogens (tertiary/aromatic N) is 1. The van der Waals surface area contributed by atoms with Crippen LogP contribution in [0.3, 0.4) is 0 Å². The summed E-state index contributed by atoms with van der Waals surface area (Å²) in [7, 11) is -3.20. The lowest BCUT2D eigenvalue weighted by atomic mass is 10.1. The topological polar surface area (TPSA) is 46.6 Å². The van der Waals surface area contributed by atoms with Crippen molar-refractivity contribution in [2.45, 2.75) is 43.3 Å².